The highest BCUT2D eigenvalue weighted by Gasteiger charge is 2.28. The number of likely N-dealkylation sites (N-methyl/N-ethyl adjacent to an activating group) is 1. The molecule has 0 fully saturated rings. The second kappa shape index (κ2) is 4.13. The molecule has 0 bridgehead atoms. The van der Waals surface area contributed by atoms with E-state index in [0.29, 0.717) is 12.6 Å². The molecule has 1 unspecified atom stereocenters. The lowest BCUT2D eigenvalue weighted by Gasteiger charge is -2.21. The van der Waals surface area contributed by atoms with Crippen LogP contribution in [-0.4, -0.2) is 18.0 Å². The van der Waals surface area contributed by atoms with Gasteiger partial charge < -0.3 is 5.73 Å². The third-order valence-electron chi connectivity index (χ3n) is 3.87. The monoisotopic (exact) mass is 226 g/mol. The maximum absolute atomic E-state index is 5.92. The van der Waals surface area contributed by atoms with Crippen LogP contribution >= 0.6 is 0 Å². The van der Waals surface area contributed by atoms with Gasteiger partial charge in [-0.1, -0.05) is 43.3 Å². The van der Waals surface area contributed by atoms with E-state index in [1.54, 1.807) is 0 Å². The number of benzene rings is 2. The molecule has 0 amide bonds. The smallest absolute Gasteiger partial charge is 0.0477 e. The van der Waals surface area contributed by atoms with E-state index in [-0.39, 0.29) is 0 Å². The van der Waals surface area contributed by atoms with Crippen LogP contribution < -0.4 is 5.73 Å². The van der Waals surface area contributed by atoms with E-state index >= 15 is 0 Å². The van der Waals surface area contributed by atoms with Gasteiger partial charge in [0.1, 0.15) is 0 Å². The van der Waals surface area contributed by atoms with Crippen LogP contribution in [0, 0.1) is 0 Å². The first-order chi connectivity index (χ1) is 8.35. The van der Waals surface area contributed by atoms with Gasteiger partial charge in [-0.05, 0) is 28.4 Å². The lowest BCUT2D eigenvalue weighted by atomic mass is 9.98. The van der Waals surface area contributed by atoms with Crippen molar-refractivity contribution < 1.29 is 0 Å². The molecular weight excluding hydrogens is 208 g/mol. The molecule has 0 aromatic heterocycles. The Morgan fingerprint density at radius 2 is 2.06 bits per heavy atom. The Labute approximate surface area is 102 Å². The maximum atomic E-state index is 5.92. The molecule has 1 aliphatic heterocycles. The number of hydrogen-bond donors (Lipinski definition) is 1. The van der Waals surface area contributed by atoms with Crippen LogP contribution in [0.3, 0.4) is 0 Å². The molecule has 0 radical (unpaired) electrons. The van der Waals surface area contributed by atoms with E-state index in [1.165, 1.54) is 21.9 Å². The highest BCUT2D eigenvalue weighted by Crippen LogP contribution is 2.36. The zero-order valence-electron chi connectivity index (χ0n) is 10.2. The summed E-state index contributed by atoms with van der Waals surface area (Å²) in [5, 5.41) is 2.72. The molecule has 3 rings (SSSR count). The van der Waals surface area contributed by atoms with Crippen LogP contribution in [0.2, 0.25) is 0 Å². The lowest BCUT2D eigenvalue weighted by Crippen LogP contribution is -2.27. The summed E-state index contributed by atoms with van der Waals surface area (Å²) in [6, 6.07) is 13.5. The first kappa shape index (κ1) is 10.8. The predicted octanol–water partition coefficient (Wildman–Crippen LogP) is 2.68. The molecular formula is C15H18N2. The summed E-state index contributed by atoms with van der Waals surface area (Å²) >= 11 is 0. The van der Waals surface area contributed by atoms with Gasteiger partial charge in [0.25, 0.3) is 0 Å². The molecule has 1 heterocycles. The van der Waals surface area contributed by atoms with Crippen LogP contribution in [0.1, 0.15) is 24.1 Å². The van der Waals surface area contributed by atoms with Gasteiger partial charge in [-0.3, -0.25) is 4.90 Å². The Morgan fingerprint density at radius 1 is 1.24 bits per heavy atom. The third-order valence-corrected chi connectivity index (χ3v) is 3.87. The van der Waals surface area contributed by atoms with Crippen molar-refractivity contribution in [1.29, 1.82) is 0 Å². The standard InChI is InChI=1S/C15H18N2/c1-2-17-10-14-12-6-4-3-5-11(12)7-8-13(14)15(17)9-16/h3-8,15H,2,9-10,16H2,1H3. The zero-order chi connectivity index (χ0) is 11.8. The van der Waals surface area contributed by atoms with E-state index in [0.717, 1.165) is 13.1 Å². The van der Waals surface area contributed by atoms with Gasteiger partial charge in [0.2, 0.25) is 0 Å². The van der Waals surface area contributed by atoms with Gasteiger partial charge >= 0.3 is 0 Å². The SMILES string of the molecule is CCN1Cc2c(ccc3ccccc23)C1CN. The van der Waals surface area contributed by atoms with Crippen molar-refractivity contribution in [3.63, 3.8) is 0 Å². The van der Waals surface area contributed by atoms with E-state index in [4.69, 9.17) is 5.73 Å². The first-order valence-electron chi connectivity index (χ1n) is 6.29. The Morgan fingerprint density at radius 3 is 2.82 bits per heavy atom. The van der Waals surface area contributed by atoms with Gasteiger partial charge in [0, 0.05) is 19.1 Å². The normalized spacial score (nSPS) is 19.8. The Bertz CT molecular complexity index is 548. The Balaban J connectivity index is 2.20. The molecule has 2 aromatic carbocycles. The average Bonchev–Trinajstić information content (AvgIpc) is 2.76. The minimum atomic E-state index is 0.402. The largest absolute Gasteiger partial charge is 0.329 e. The van der Waals surface area contributed by atoms with Gasteiger partial charge in [0.15, 0.2) is 0 Å². The minimum absolute atomic E-state index is 0.402. The maximum Gasteiger partial charge on any atom is 0.0477 e. The zero-order valence-corrected chi connectivity index (χ0v) is 10.2. The second-order valence-electron chi connectivity index (χ2n) is 4.67. The van der Waals surface area contributed by atoms with E-state index in [9.17, 15) is 0 Å². The number of hydrogen-bond acceptors (Lipinski definition) is 2. The quantitative estimate of drug-likeness (QED) is 0.853. The van der Waals surface area contributed by atoms with Crippen molar-refractivity contribution in [2.24, 2.45) is 5.73 Å². The van der Waals surface area contributed by atoms with E-state index in [2.05, 4.69) is 48.2 Å². The topological polar surface area (TPSA) is 29.3 Å². The molecule has 0 saturated carbocycles. The van der Waals surface area contributed by atoms with E-state index < -0.39 is 0 Å². The summed E-state index contributed by atoms with van der Waals surface area (Å²) in [7, 11) is 0. The van der Waals surface area contributed by atoms with Crippen molar-refractivity contribution in [3.8, 4) is 0 Å². The van der Waals surface area contributed by atoms with Gasteiger partial charge in [-0.15, -0.1) is 0 Å². The highest BCUT2D eigenvalue weighted by atomic mass is 15.2. The van der Waals surface area contributed by atoms with Crippen molar-refractivity contribution in [1.82, 2.24) is 4.90 Å². The molecule has 0 aliphatic carbocycles. The summed E-state index contributed by atoms with van der Waals surface area (Å²) in [6.07, 6.45) is 0. The Kier molecular flexibility index (Phi) is 2.61. The first-order valence-corrected chi connectivity index (χ1v) is 6.29. The third kappa shape index (κ3) is 1.56. The molecule has 2 heteroatoms. The molecule has 0 saturated heterocycles. The van der Waals surface area contributed by atoms with Crippen molar-refractivity contribution in [2.75, 3.05) is 13.1 Å². The summed E-state index contributed by atoms with van der Waals surface area (Å²) < 4.78 is 0. The van der Waals surface area contributed by atoms with E-state index in [1.807, 2.05) is 0 Å². The minimum Gasteiger partial charge on any atom is -0.329 e. The fraction of sp³-hybridized carbons (Fsp3) is 0.333. The number of fused-ring (bicyclic) bond motifs is 3. The highest BCUT2D eigenvalue weighted by molar-refractivity contribution is 5.87. The molecule has 2 aromatic rings. The van der Waals surface area contributed by atoms with Crippen molar-refractivity contribution >= 4 is 10.8 Å². The fourth-order valence-electron chi connectivity index (χ4n) is 2.96. The molecule has 1 atom stereocenters. The van der Waals surface area contributed by atoms with Gasteiger partial charge in [0.05, 0.1) is 0 Å². The molecule has 0 spiro atoms. The summed E-state index contributed by atoms with van der Waals surface area (Å²) in [6.45, 7) is 5.01. The molecule has 2 nitrogen and oxygen atoms in total. The summed E-state index contributed by atoms with van der Waals surface area (Å²) in [4.78, 5) is 2.46. The molecule has 2 N–H and O–H groups in total. The van der Waals surface area contributed by atoms with Crippen molar-refractivity contribution in [2.45, 2.75) is 19.5 Å². The second-order valence-corrected chi connectivity index (χ2v) is 4.67. The number of rotatable bonds is 2. The average molecular weight is 226 g/mol. The number of nitrogens with zero attached hydrogens (tertiary/aromatic N) is 1. The van der Waals surface area contributed by atoms with Crippen LogP contribution in [-0.2, 0) is 6.54 Å². The fourth-order valence-corrected chi connectivity index (χ4v) is 2.96. The Hall–Kier alpha value is -1.38. The van der Waals surface area contributed by atoms with Crippen LogP contribution in [0.25, 0.3) is 10.8 Å². The van der Waals surface area contributed by atoms with Crippen LogP contribution in [0.5, 0.6) is 0 Å². The predicted molar refractivity (Wildman–Crippen MR) is 71.8 cm³/mol. The molecule has 1 aliphatic rings. The number of nitrogens with two attached hydrogens (primary N) is 1. The van der Waals surface area contributed by atoms with Crippen molar-refractivity contribution in [3.05, 3.63) is 47.5 Å². The van der Waals surface area contributed by atoms with Crippen LogP contribution in [0.4, 0.5) is 0 Å². The summed E-state index contributed by atoms with van der Waals surface area (Å²) in [5.74, 6) is 0. The van der Waals surface area contributed by atoms with Gasteiger partial charge in [-0.2, -0.15) is 0 Å². The van der Waals surface area contributed by atoms with Crippen LogP contribution in [0.15, 0.2) is 36.4 Å². The van der Waals surface area contributed by atoms with Gasteiger partial charge in [-0.25, -0.2) is 0 Å². The molecule has 17 heavy (non-hydrogen) atoms. The lowest BCUT2D eigenvalue weighted by molar-refractivity contribution is 0.233. The molecule has 88 valence electrons. The summed E-state index contributed by atoms with van der Waals surface area (Å²) in [5.41, 5.74) is 8.81.